The van der Waals surface area contributed by atoms with Crippen molar-refractivity contribution in [2.75, 3.05) is 7.11 Å². The van der Waals surface area contributed by atoms with E-state index in [9.17, 15) is 9.59 Å². The van der Waals surface area contributed by atoms with Gasteiger partial charge in [-0.05, 0) is 54.8 Å². The second-order valence-corrected chi connectivity index (χ2v) is 14.8. The molecule has 1 aromatic heterocycles. The van der Waals surface area contributed by atoms with Crippen LogP contribution in [0.25, 0.3) is 0 Å². The van der Waals surface area contributed by atoms with Crippen molar-refractivity contribution in [1.29, 1.82) is 0 Å². The van der Waals surface area contributed by atoms with Crippen LogP contribution >= 0.6 is 15.9 Å². The molecular formula is C19H30BrNO4Si. The molecule has 0 saturated heterocycles. The summed E-state index contributed by atoms with van der Waals surface area (Å²) in [5.74, 6) is 0.335. The summed E-state index contributed by atoms with van der Waals surface area (Å²) in [6.07, 6.45) is 1.14. The van der Waals surface area contributed by atoms with Gasteiger partial charge < -0.3 is 13.7 Å². The minimum absolute atomic E-state index is 0.0249. The molecule has 5 nitrogen and oxygen atoms in total. The van der Waals surface area contributed by atoms with Crippen molar-refractivity contribution in [3.8, 4) is 5.75 Å². The highest BCUT2D eigenvalue weighted by molar-refractivity contribution is 9.10. The van der Waals surface area contributed by atoms with Gasteiger partial charge in [-0.15, -0.1) is 0 Å². The van der Waals surface area contributed by atoms with Gasteiger partial charge in [-0.1, -0.05) is 20.8 Å². The summed E-state index contributed by atoms with van der Waals surface area (Å²) in [7, 11) is -0.715. The van der Waals surface area contributed by atoms with Gasteiger partial charge in [0.2, 0.25) is 5.43 Å². The Hall–Kier alpha value is -0.923. The van der Waals surface area contributed by atoms with Gasteiger partial charge in [0.1, 0.15) is 6.10 Å². The van der Waals surface area contributed by atoms with Crippen molar-refractivity contribution in [2.24, 2.45) is 5.41 Å². The van der Waals surface area contributed by atoms with Gasteiger partial charge in [-0.3, -0.25) is 9.59 Å². The number of hydrogen-bond acceptors (Lipinski definition) is 4. The molecule has 2 unspecified atom stereocenters. The van der Waals surface area contributed by atoms with Gasteiger partial charge in [-0.25, -0.2) is 0 Å². The predicted molar refractivity (Wildman–Crippen MR) is 109 cm³/mol. The highest BCUT2D eigenvalue weighted by Gasteiger charge is 2.52. The lowest BCUT2D eigenvalue weighted by molar-refractivity contribution is -0.139. The zero-order valence-corrected chi connectivity index (χ0v) is 19.8. The molecule has 0 spiro atoms. The van der Waals surface area contributed by atoms with E-state index in [0.717, 1.165) is 0 Å². The maximum absolute atomic E-state index is 13.1. The van der Waals surface area contributed by atoms with E-state index in [1.165, 1.54) is 7.11 Å². The number of carbonyl (C=O) groups excluding carboxylic acids is 1. The molecule has 1 aliphatic heterocycles. The van der Waals surface area contributed by atoms with E-state index in [1.54, 1.807) is 6.20 Å². The first-order chi connectivity index (χ1) is 11.7. The zero-order chi connectivity index (χ0) is 20.2. The van der Waals surface area contributed by atoms with Crippen LogP contribution in [0.5, 0.6) is 5.75 Å². The van der Waals surface area contributed by atoms with E-state index in [2.05, 4.69) is 49.8 Å². The fourth-order valence-corrected chi connectivity index (χ4v) is 4.92. The van der Waals surface area contributed by atoms with Crippen LogP contribution in [-0.4, -0.2) is 25.8 Å². The number of carbonyl (C=O) groups is 1. The highest BCUT2D eigenvalue weighted by Crippen LogP contribution is 2.51. The maximum atomic E-state index is 13.1. The van der Waals surface area contributed by atoms with Gasteiger partial charge in [-0.2, -0.15) is 0 Å². The van der Waals surface area contributed by atoms with Gasteiger partial charge in [0, 0.05) is 6.20 Å². The summed E-state index contributed by atoms with van der Waals surface area (Å²) < 4.78 is 14.4. The maximum Gasteiger partial charge on any atom is 0.237 e. The molecule has 0 bridgehead atoms. The number of halogens is 1. The van der Waals surface area contributed by atoms with Crippen molar-refractivity contribution in [3.63, 3.8) is 0 Å². The van der Waals surface area contributed by atoms with Crippen LogP contribution in [0.15, 0.2) is 15.5 Å². The Balaban J connectivity index is 2.80. The lowest BCUT2D eigenvalue weighted by Gasteiger charge is -2.48. The van der Waals surface area contributed by atoms with E-state index in [1.807, 2.05) is 25.3 Å². The summed E-state index contributed by atoms with van der Waals surface area (Å²) >= 11 is 3.30. The van der Waals surface area contributed by atoms with Gasteiger partial charge >= 0.3 is 0 Å². The van der Waals surface area contributed by atoms with Gasteiger partial charge in [0.25, 0.3) is 0 Å². The normalized spacial score (nSPS) is 22.9. The quantitative estimate of drug-likeness (QED) is 0.626. The largest absolute Gasteiger partial charge is 0.491 e. The molecule has 0 fully saturated rings. The lowest BCUT2D eigenvalue weighted by Crippen LogP contribution is -2.51. The summed E-state index contributed by atoms with van der Waals surface area (Å²) in [5.41, 5.74) is -0.329. The first kappa shape index (κ1) is 21.4. The van der Waals surface area contributed by atoms with Crippen LogP contribution < -0.4 is 10.2 Å². The zero-order valence-electron chi connectivity index (χ0n) is 17.2. The minimum Gasteiger partial charge on any atom is -0.491 e. The monoisotopic (exact) mass is 443 g/mol. The number of ketones is 1. The molecule has 0 N–H and O–H groups in total. The molecule has 146 valence electrons. The molecule has 2 heterocycles. The number of hydrogen-bond donors (Lipinski definition) is 0. The summed E-state index contributed by atoms with van der Waals surface area (Å²) in [6, 6.07) is -0.398. The van der Waals surface area contributed by atoms with Crippen LogP contribution in [0.4, 0.5) is 0 Å². The summed E-state index contributed by atoms with van der Waals surface area (Å²) in [4.78, 5) is 25.8. The smallest absolute Gasteiger partial charge is 0.237 e. The molecule has 0 aliphatic carbocycles. The van der Waals surface area contributed by atoms with E-state index in [4.69, 9.17) is 9.16 Å². The van der Waals surface area contributed by atoms with Crippen molar-refractivity contribution in [3.05, 3.63) is 26.6 Å². The molecular weight excluding hydrogens is 414 g/mol. The second-order valence-electron chi connectivity index (χ2n) is 9.15. The van der Waals surface area contributed by atoms with Crippen molar-refractivity contribution in [1.82, 2.24) is 4.57 Å². The molecule has 1 aliphatic rings. The van der Waals surface area contributed by atoms with Crippen molar-refractivity contribution < 1.29 is 14.0 Å². The van der Waals surface area contributed by atoms with Gasteiger partial charge in [0.15, 0.2) is 19.9 Å². The Bertz CT molecular complexity index is 792. The molecule has 7 heteroatoms. The van der Waals surface area contributed by atoms with Crippen LogP contribution in [-0.2, 0) is 9.22 Å². The fourth-order valence-electron chi connectivity index (χ4n) is 3.17. The molecule has 0 amide bonds. The molecule has 2 atom stereocenters. The second kappa shape index (κ2) is 6.60. The Morgan fingerprint density at radius 2 is 1.77 bits per heavy atom. The minimum atomic E-state index is -2.20. The molecule has 0 radical (unpaired) electrons. The number of pyridine rings is 1. The third-order valence-electron chi connectivity index (χ3n) is 5.94. The van der Waals surface area contributed by atoms with Crippen molar-refractivity contribution >= 4 is 30.0 Å². The predicted octanol–water partition coefficient (Wildman–Crippen LogP) is 4.85. The van der Waals surface area contributed by atoms with Crippen LogP contribution in [0.3, 0.4) is 0 Å². The number of nitrogens with zero attached hydrogens (tertiary/aromatic N) is 1. The number of Topliss-reactive ketones (excluding diaryl/α,β-unsaturated/α-hetero) is 1. The van der Waals surface area contributed by atoms with Crippen LogP contribution in [0.2, 0.25) is 18.1 Å². The Morgan fingerprint density at radius 3 is 2.23 bits per heavy atom. The fraction of sp³-hybridized carbons (Fsp3) is 0.684. The SMILES string of the molecule is COc1c2n(cc(Br)c1=O)C(C)C(=O)C(C)(C)C2O[Si](C)(C)C(C)(C)C. The number of aromatic nitrogens is 1. The molecule has 26 heavy (non-hydrogen) atoms. The van der Waals surface area contributed by atoms with E-state index >= 15 is 0 Å². The van der Waals surface area contributed by atoms with E-state index in [0.29, 0.717) is 10.2 Å². The van der Waals surface area contributed by atoms with Gasteiger partial charge in [0.05, 0.1) is 28.7 Å². The first-order valence-electron chi connectivity index (χ1n) is 8.87. The Labute approximate surface area is 165 Å². The van der Waals surface area contributed by atoms with E-state index < -0.39 is 25.9 Å². The van der Waals surface area contributed by atoms with Crippen LogP contribution in [0.1, 0.15) is 59.4 Å². The molecule has 0 saturated carbocycles. The average Bonchev–Trinajstić information content (AvgIpc) is 2.51. The lowest BCUT2D eigenvalue weighted by atomic mass is 9.74. The Kier molecular flexibility index (Phi) is 5.43. The number of ether oxygens (including phenoxy) is 1. The number of rotatable bonds is 3. The molecule has 0 aromatic carbocycles. The topological polar surface area (TPSA) is 57.5 Å². The summed E-state index contributed by atoms with van der Waals surface area (Å²) in [5, 5.41) is -0.0249. The Morgan fingerprint density at radius 1 is 1.23 bits per heavy atom. The number of fused-ring (bicyclic) bond motifs is 1. The molecule has 1 aromatic rings. The van der Waals surface area contributed by atoms with E-state index in [-0.39, 0.29) is 22.0 Å². The standard InChI is InChI=1S/C19H30BrNO4Si/c1-11-16(23)19(5,6)17(25-26(8,9)18(2,3)4)13-15(24-7)14(22)12(20)10-21(11)13/h10-11,17H,1-9H3. The van der Waals surface area contributed by atoms with Crippen LogP contribution in [0, 0.1) is 5.41 Å². The third-order valence-corrected chi connectivity index (χ3v) is 10.9. The highest BCUT2D eigenvalue weighted by atomic mass is 79.9. The van der Waals surface area contributed by atoms with Crippen molar-refractivity contribution in [2.45, 2.75) is 71.8 Å². The number of methoxy groups -OCH3 is 1. The summed E-state index contributed by atoms with van der Waals surface area (Å²) in [6.45, 7) is 16.4. The third kappa shape index (κ3) is 3.22. The average molecular weight is 444 g/mol. The first-order valence-corrected chi connectivity index (χ1v) is 12.6. The molecule has 2 rings (SSSR count).